The Hall–Kier alpha value is -0.900. The molecule has 2 atom stereocenters. The van der Waals surface area contributed by atoms with E-state index in [0.717, 1.165) is 23.1 Å². The highest BCUT2D eigenvalue weighted by atomic mass is 32.2. The van der Waals surface area contributed by atoms with Crippen LogP contribution in [-0.2, 0) is 6.42 Å². The zero-order valence-corrected chi connectivity index (χ0v) is 9.88. The van der Waals surface area contributed by atoms with Crippen LogP contribution < -0.4 is 5.32 Å². The number of nitrogens with zero attached hydrogens (tertiary/aromatic N) is 1. The van der Waals surface area contributed by atoms with Crippen molar-refractivity contribution in [2.45, 2.75) is 32.4 Å². The van der Waals surface area contributed by atoms with E-state index in [1.807, 2.05) is 12.1 Å². The molecule has 0 spiro atoms. The first-order valence-corrected chi connectivity index (χ1v) is 6.22. The third-order valence-electron chi connectivity index (χ3n) is 2.26. The van der Waals surface area contributed by atoms with Gasteiger partial charge in [-0.25, -0.2) is 0 Å². The van der Waals surface area contributed by atoms with Gasteiger partial charge in [-0.05, 0) is 26.0 Å². The average Bonchev–Trinajstić information content (AvgIpc) is 2.77. The molecule has 2 unspecified atom stereocenters. The molecule has 0 fully saturated rings. The molecule has 1 aliphatic heterocycles. The second-order valence-electron chi connectivity index (χ2n) is 3.92. The van der Waals surface area contributed by atoms with E-state index >= 15 is 0 Å². The zero-order chi connectivity index (χ0) is 10.7. The van der Waals surface area contributed by atoms with Crippen LogP contribution in [0.25, 0.3) is 0 Å². The van der Waals surface area contributed by atoms with Gasteiger partial charge >= 0.3 is 0 Å². The van der Waals surface area contributed by atoms with Crippen molar-refractivity contribution in [3.63, 3.8) is 0 Å². The van der Waals surface area contributed by atoms with E-state index in [1.165, 1.54) is 0 Å². The largest absolute Gasteiger partial charge is 0.469 e. The monoisotopic (exact) mass is 224 g/mol. The minimum absolute atomic E-state index is 0.368. The molecule has 0 saturated heterocycles. The standard InChI is InChI=1S/C11H16N2OS/c1-8(6-10-4-3-5-14-10)12-11-13-9(2)7-15-11/h3-5,8-9H,6-7H2,1-2H3,(H,12,13). The van der Waals surface area contributed by atoms with Gasteiger partial charge in [-0.2, -0.15) is 0 Å². The number of thioether (sulfide) groups is 1. The van der Waals surface area contributed by atoms with E-state index in [2.05, 4.69) is 24.2 Å². The Labute approximate surface area is 94.3 Å². The SMILES string of the molecule is CC1CSC(NC(C)Cc2ccco2)=N1. The molecule has 1 aromatic rings. The molecule has 0 amide bonds. The van der Waals surface area contributed by atoms with Crippen molar-refractivity contribution in [2.24, 2.45) is 4.99 Å². The zero-order valence-electron chi connectivity index (χ0n) is 9.06. The summed E-state index contributed by atoms with van der Waals surface area (Å²) in [6.07, 6.45) is 2.62. The van der Waals surface area contributed by atoms with E-state index < -0.39 is 0 Å². The molecule has 0 saturated carbocycles. The fourth-order valence-electron chi connectivity index (χ4n) is 1.55. The molecule has 0 radical (unpaired) electrons. The summed E-state index contributed by atoms with van der Waals surface area (Å²) in [5, 5.41) is 4.47. The maximum atomic E-state index is 5.30. The summed E-state index contributed by atoms with van der Waals surface area (Å²) in [5.74, 6) is 2.11. The predicted molar refractivity (Wildman–Crippen MR) is 64.4 cm³/mol. The van der Waals surface area contributed by atoms with E-state index in [1.54, 1.807) is 18.0 Å². The van der Waals surface area contributed by atoms with Crippen molar-refractivity contribution in [2.75, 3.05) is 5.75 Å². The lowest BCUT2D eigenvalue weighted by molar-refractivity contribution is 0.482. The van der Waals surface area contributed by atoms with E-state index in [9.17, 15) is 0 Å². The minimum atomic E-state index is 0.368. The number of amidine groups is 1. The van der Waals surface area contributed by atoms with Crippen molar-refractivity contribution >= 4 is 16.9 Å². The second-order valence-corrected chi connectivity index (χ2v) is 4.93. The third kappa shape index (κ3) is 3.02. The first-order valence-electron chi connectivity index (χ1n) is 5.23. The molecule has 2 rings (SSSR count). The Bertz CT molecular complexity index is 334. The fraction of sp³-hybridized carbons (Fsp3) is 0.545. The quantitative estimate of drug-likeness (QED) is 0.856. The Morgan fingerprint density at radius 1 is 1.73 bits per heavy atom. The highest BCUT2D eigenvalue weighted by Crippen LogP contribution is 2.16. The third-order valence-corrected chi connectivity index (χ3v) is 3.40. The lowest BCUT2D eigenvalue weighted by Gasteiger charge is -2.12. The number of aliphatic imine (C=N–C) groups is 1. The van der Waals surface area contributed by atoms with Gasteiger partial charge in [-0.1, -0.05) is 11.8 Å². The van der Waals surface area contributed by atoms with Crippen molar-refractivity contribution < 1.29 is 4.42 Å². The molecule has 0 aliphatic carbocycles. The normalized spacial score (nSPS) is 22.5. The molecular weight excluding hydrogens is 208 g/mol. The van der Waals surface area contributed by atoms with E-state index in [-0.39, 0.29) is 0 Å². The molecule has 1 N–H and O–H groups in total. The molecule has 0 bridgehead atoms. The van der Waals surface area contributed by atoms with Crippen LogP contribution in [0.1, 0.15) is 19.6 Å². The molecule has 0 aromatic carbocycles. The Kier molecular flexibility index (Phi) is 3.36. The van der Waals surface area contributed by atoms with Gasteiger partial charge in [0.15, 0.2) is 5.17 Å². The number of hydrogen-bond acceptors (Lipinski definition) is 4. The lowest BCUT2D eigenvalue weighted by Crippen LogP contribution is -2.31. The van der Waals surface area contributed by atoms with Crippen LogP contribution in [-0.4, -0.2) is 23.0 Å². The van der Waals surface area contributed by atoms with Gasteiger partial charge in [0, 0.05) is 18.2 Å². The fourth-order valence-corrected chi connectivity index (χ4v) is 2.56. The summed E-state index contributed by atoms with van der Waals surface area (Å²) in [7, 11) is 0. The molecule has 1 aliphatic rings. The van der Waals surface area contributed by atoms with Gasteiger partial charge in [-0.15, -0.1) is 0 Å². The van der Waals surface area contributed by atoms with Crippen molar-refractivity contribution in [1.29, 1.82) is 0 Å². The van der Waals surface area contributed by atoms with Crippen LogP contribution in [0.3, 0.4) is 0 Å². The van der Waals surface area contributed by atoms with Crippen LogP contribution in [0, 0.1) is 0 Å². The highest BCUT2D eigenvalue weighted by Gasteiger charge is 2.15. The summed E-state index contributed by atoms with van der Waals surface area (Å²) in [6, 6.07) is 4.75. The summed E-state index contributed by atoms with van der Waals surface area (Å²) >= 11 is 1.80. The maximum absolute atomic E-state index is 5.30. The number of nitrogens with one attached hydrogen (secondary N) is 1. The molecular formula is C11H16N2OS. The first-order chi connectivity index (χ1) is 7.24. The van der Waals surface area contributed by atoms with Crippen LogP contribution >= 0.6 is 11.8 Å². The molecule has 1 aromatic heterocycles. The van der Waals surface area contributed by atoms with E-state index in [4.69, 9.17) is 4.42 Å². The molecule has 82 valence electrons. The van der Waals surface area contributed by atoms with Crippen LogP contribution in [0.2, 0.25) is 0 Å². The average molecular weight is 224 g/mol. The van der Waals surface area contributed by atoms with Crippen molar-refractivity contribution in [3.05, 3.63) is 24.2 Å². The predicted octanol–water partition coefficient (Wildman–Crippen LogP) is 2.29. The first kappa shape index (κ1) is 10.6. The van der Waals surface area contributed by atoms with Gasteiger partial charge in [0.05, 0.1) is 12.3 Å². The smallest absolute Gasteiger partial charge is 0.157 e. The number of rotatable bonds is 3. The van der Waals surface area contributed by atoms with E-state index in [0.29, 0.717) is 12.1 Å². The summed E-state index contributed by atoms with van der Waals surface area (Å²) in [4.78, 5) is 4.50. The van der Waals surface area contributed by atoms with Crippen LogP contribution in [0.5, 0.6) is 0 Å². The Morgan fingerprint density at radius 3 is 3.20 bits per heavy atom. The van der Waals surface area contributed by atoms with Crippen LogP contribution in [0.4, 0.5) is 0 Å². The Morgan fingerprint density at radius 2 is 2.60 bits per heavy atom. The number of furan rings is 1. The van der Waals surface area contributed by atoms with Gasteiger partial charge in [0.1, 0.15) is 5.76 Å². The van der Waals surface area contributed by atoms with Gasteiger partial charge < -0.3 is 9.73 Å². The van der Waals surface area contributed by atoms with Crippen molar-refractivity contribution in [1.82, 2.24) is 5.32 Å². The molecule has 2 heterocycles. The van der Waals surface area contributed by atoms with Crippen molar-refractivity contribution in [3.8, 4) is 0 Å². The van der Waals surface area contributed by atoms with Gasteiger partial charge in [0.25, 0.3) is 0 Å². The maximum Gasteiger partial charge on any atom is 0.157 e. The Balaban J connectivity index is 1.82. The molecule has 3 nitrogen and oxygen atoms in total. The number of hydrogen-bond donors (Lipinski definition) is 1. The summed E-state index contributed by atoms with van der Waals surface area (Å²) in [5.41, 5.74) is 0. The van der Waals surface area contributed by atoms with Gasteiger partial charge in [-0.3, -0.25) is 4.99 Å². The van der Waals surface area contributed by atoms with Crippen LogP contribution in [0.15, 0.2) is 27.8 Å². The minimum Gasteiger partial charge on any atom is -0.469 e. The highest BCUT2D eigenvalue weighted by molar-refractivity contribution is 8.14. The molecule has 15 heavy (non-hydrogen) atoms. The van der Waals surface area contributed by atoms with Gasteiger partial charge in [0.2, 0.25) is 0 Å². The summed E-state index contributed by atoms with van der Waals surface area (Å²) < 4.78 is 5.30. The second kappa shape index (κ2) is 4.75. The topological polar surface area (TPSA) is 37.5 Å². The summed E-state index contributed by atoms with van der Waals surface area (Å²) in [6.45, 7) is 4.29. The lowest BCUT2D eigenvalue weighted by atomic mass is 10.2. The molecule has 4 heteroatoms.